The molecular weight excluding hydrogens is 422 g/mol. The zero-order valence-electron chi connectivity index (χ0n) is 17.5. The van der Waals surface area contributed by atoms with Gasteiger partial charge in [0.25, 0.3) is 5.91 Å². The lowest BCUT2D eigenvalue weighted by atomic mass is 10.1. The molecule has 4 aromatic rings. The third-order valence-electron chi connectivity index (χ3n) is 5.19. The maximum Gasteiger partial charge on any atom is 0.265 e. The van der Waals surface area contributed by atoms with Crippen LogP contribution in [0.4, 0.5) is 5.69 Å². The Morgan fingerprint density at radius 2 is 1.97 bits per heavy atom. The summed E-state index contributed by atoms with van der Waals surface area (Å²) < 4.78 is 11.5. The summed E-state index contributed by atoms with van der Waals surface area (Å²) in [4.78, 5) is 23.4. The first-order valence-electron chi connectivity index (χ1n) is 10.3. The molecule has 0 saturated carbocycles. The number of rotatable bonds is 6. The van der Waals surface area contributed by atoms with Crippen LogP contribution >= 0.6 is 11.3 Å². The van der Waals surface area contributed by atoms with Gasteiger partial charge in [-0.15, -0.1) is 11.3 Å². The van der Waals surface area contributed by atoms with Crippen molar-refractivity contribution in [1.29, 1.82) is 0 Å². The Morgan fingerprint density at radius 1 is 1.09 bits per heavy atom. The number of fused-ring (bicyclic) bond motifs is 1. The second kappa shape index (κ2) is 8.80. The minimum absolute atomic E-state index is 0.0252. The summed E-state index contributed by atoms with van der Waals surface area (Å²) in [6.07, 6.45) is 1.76. The first-order valence-corrected chi connectivity index (χ1v) is 11.2. The topological polar surface area (TPSA) is 64.5 Å². The van der Waals surface area contributed by atoms with Gasteiger partial charge in [0.05, 0.1) is 23.6 Å². The van der Waals surface area contributed by atoms with Crippen molar-refractivity contribution < 1.29 is 14.3 Å². The summed E-state index contributed by atoms with van der Waals surface area (Å²) in [5.41, 5.74) is 4.52. The molecule has 32 heavy (non-hydrogen) atoms. The van der Waals surface area contributed by atoms with Gasteiger partial charge in [-0.3, -0.25) is 9.78 Å². The van der Waals surface area contributed by atoms with Crippen LogP contribution in [0.5, 0.6) is 11.5 Å². The fourth-order valence-electron chi connectivity index (χ4n) is 3.51. The number of carbonyl (C=O) groups excluding carboxylic acids is 1. The lowest BCUT2D eigenvalue weighted by Crippen LogP contribution is -2.41. The zero-order chi connectivity index (χ0) is 21.9. The number of anilines is 1. The summed E-state index contributed by atoms with van der Waals surface area (Å²) in [6, 6.07) is 19.5. The van der Waals surface area contributed by atoms with E-state index in [1.165, 1.54) is 5.56 Å². The molecule has 2 aromatic carbocycles. The number of ether oxygens (including phenoxy) is 2. The third kappa shape index (κ3) is 4.20. The van der Waals surface area contributed by atoms with Crippen molar-refractivity contribution in [3.8, 4) is 33.5 Å². The van der Waals surface area contributed by atoms with Crippen molar-refractivity contribution >= 4 is 22.9 Å². The van der Waals surface area contributed by atoms with Crippen molar-refractivity contribution in [2.45, 2.75) is 6.92 Å². The van der Waals surface area contributed by atoms with Crippen LogP contribution in [0.1, 0.15) is 5.56 Å². The minimum Gasteiger partial charge on any atom is -0.492 e. The number of hydrogen-bond donors (Lipinski definition) is 0. The SMILES string of the molecule is Cc1ccc(OCCN2C(=O)COc3ccc(-c4csc(-c5ccccn5)n4)cc32)cc1. The Bertz CT molecular complexity index is 1240. The van der Waals surface area contributed by atoms with E-state index in [4.69, 9.17) is 14.5 Å². The van der Waals surface area contributed by atoms with Crippen molar-refractivity contribution in [2.75, 3.05) is 24.7 Å². The lowest BCUT2D eigenvalue weighted by molar-refractivity contribution is -0.121. The summed E-state index contributed by atoms with van der Waals surface area (Å²) in [7, 11) is 0. The molecule has 1 aliphatic heterocycles. The van der Waals surface area contributed by atoms with E-state index in [9.17, 15) is 4.79 Å². The van der Waals surface area contributed by atoms with E-state index >= 15 is 0 Å². The lowest BCUT2D eigenvalue weighted by Gasteiger charge is -2.29. The fourth-order valence-corrected chi connectivity index (χ4v) is 4.31. The van der Waals surface area contributed by atoms with Gasteiger partial charge < -0.3 is 14.4 Å². The van der Waals surface area contributed by atoms with Crippen molar-refractivity contribution in [3.63, 3.8) is 0 Å². The maximum absolute atomic E-state index is 12.6. The number of thiazole rings is 1. The largest absolute Gasteiger partial charge is 0.492 e. The number of hydrogen-bond acceptors (Lipinski definition) is 6. The quantitative estimate of drug-likeness (QED) is 0.420. The average Bonchev–Trinajstić information content (AvgIpc) is 3.32. The number of aryl methyl sites for hydroxylation is 1. The van der Waals surface area contributed by atoms with Gasteiger partial charge in [0, 0.05) is 17.1 Å². The van der Waals surface area contributed by atoms with Crippen LogP contribution in [-0.2, 0) is 4.79 Å². The number of carbonyl (C=O) groups is 1. The number of benzene rings is 2. The highest BCUT2D eigenvalue weighted by atomic mass is 32.1. The van der Waals surface area contributed by atoms with Crippen LogP contribution in [0.25, 0.3) is 22.0 Å². The Kier molecular flexibility index (Phi) is 5.56. The Hall–Kier alpha value is -3.71. The molecule has 0 N–H and O–H groups in total. The molecular formula is C25H21N3O3S. The van der Waals surface area contributed by atoms with E-state index in [2.05, 4.69) is 4.98 Å². The third-order valence-corrected chi connectivity index (χ3v) is 6.06. The highest BCUT2D eigenvalue weighted by Crippen LogP contribution is 2.37. The molecule has 6 nitrogen and oxygen atoms in total. The molecule has 0 spiro atoms. The van der Waals surface area contributed by atoms with Crippen LogP contribution in [0.3, 0.4) is 0 Å². The molecule has 0 fully saturated rings. The van der Waals surface area contributed by atoms with Crippen LogP contribution in [0, 0.1) is 6.92 Å². The van der Waals surface area contributed by atoms with E-state index in [0.717, 1.165) is 33.4 Å². The van der Waals surface area contributed by atoms with Gasteiger partial charge in [-0.25, -0.2) is 4.98 Å². The van der Waals surface area contributed by atoms with Gasteiger partial charge in [0.15, 0.2) is 6.61 Å². The van der Waals surface area contributed by atoms with Crippen molar-refractivity contribution in [3.05, 3.63) is 77.8 Å². The van der Waals surface area contributed by atoms with E-state index in [0.29, 0.717) is 18.9 Å². The predicted octanol–water partition coefficient (Wildman–Crippen LogP) is 4.98. The molecule has 0 aliphatic carbocycles. The standard InChI is InChI=1S/C25H21N3O3S/c1-17-5-8-19(9-6-17)30-13-12-28-22-14-18(7-10-23(22)31-15-24(28)29)21-16-32-25(27-21)20-4-2-3-11-26-20/h2-11,14,16H,12-13,15H2,1H3. The molecule has 7 heteroatoms. The molecule has 0 radical (unpaired) electrons. The van der Waals surface area contributed by atoms with Crippen LogP contribution in [-0.4, -0.2) is 35.6 Å². The van der Waals surface area contributed by atoms with Gasteiger partial charge in [-0.05, 0) is 49.4 Å². The number of nitrogens with zero attached hydrogens (tertiary/aromatic N) is 3. The number of amides is 1. The molecule has 0 atom stereocenters. The molecule has 0 unspecified atom stereocenters. The smallest absolute Gasteiger partial charge is 0.265 e. The summed E-state index contributed by atoms with van der Waals surface area (Å²) in [6.45, 7) is 2.88. The predicted molar refractivity (Wildman–Crippen MR) is 125 cm³/mol. The summed E-state index contributed by atoms with van der Waals surface area (Å²) in [5, 5.41) is 2.86. The molecule has 5 rings (SSSR count). The van der Waals surface area contributed by atoms with Gasteiger partial charge in [0.1, 0.15) is 23.1 Å². The van der Waals surface area contributed by atoms with Crippen LogP contribution in [0.15, 0.2) is 72.2 Å². The van der Waals surface area contributed by atoms with Crippen molar-refractivity contribution in [2.24, 2.45) is 0 Å². The van der Waals surface area contributed by atoms with Gasteiger partial charge >= 0.3 is 0 Å². The Balaban J connectivity index is 1.36. The second-order valence-corrected chi connectivity index (χ2v) is 8.29. The second-order valence-electron chi connectivity index (χ2n) is 7.43. The average molecular weight is 444 g/mol. The van der Waals surface area contributed by atoms with Gasteiger partial charge in [-0.2, -0.15) is 0 Å². The molecule has 0 saturated heterocycles. The van der Waals surface area contributed by atoms with Gasteiger partial charge in [0.2, 0.25) is 0 Å². The molecule has 1 aliphatic rings. The fraction of sp³-hybridized carbons (Fsp3) is 0.160. The van der Waals surface area contributed by atoms with E-state index in [-0.39, 0.29) is 12.5 Å². The monoisotopic (exact) mass is 443 g/mol. The highest BCUT2D eigenvalue weighted by Gasteiger charge is 2.26. The molecule has 160 valence electrons. The first kappa shape index (κ1) is 20.2. The van der Waals surface area contributed by atoms with Crippen LogP contribution < -0.4 is 14.4 Å². The summed E-state index contributed by atoms with van der Waals surface area (Å²) in [5.74, 6) is 1.38. The number of pyridine rings is 1. The normalized spacial score (nSPS) is 12.9. The van der Waals surface area contributed by atoms with Crippen molar-refractivity contribution in [1.82, 2.24) is 9.97 Å². The molecule has 1 amide bonds. The first-order chi connectivity index (χ1) is 15.7. The molecule has 2 aromatic heterocycles. The van der Waals surface area contributed by atoms with E-state index in [1.54, 1.807) is 22.4 Å². The van der Waals surface area contributed by atoms with E-state index < -0.39 is 0 Å². The minimum atomic E-state index is -0.0883. The highest BCUT2D eigenvalue weighted by molar-refractivity contribution is 7.13. The van der Waals surface area contributed by atoms with Crippen LogP contribution in [0.2, 0.25) is 0 Å². The van der Waals surface area contributed by atoms with E-state index in [1.807, 2.05) is 73.0 Å². The van der Waals surface area contributed by atoms with Gasteiger partial charge in [-0.1, -0.05) is 23.8 Å². The Labute approximate surface area is 190 Å². The molecule has 3 heterocycles. The maximum atomic E-state index is 12.6. The Morgan fingerprint density at radius 3 is 2.78 bits per heavy atom. The summed E-state index contributed by atoms with van der Waals surface area (Å²) >= 11 is 1.54. The zero-order valence-corrected chi connectivity index (χ0v) is 18.3. The molecule has 0 bridgehead atoms. The number of aromatic nitrogens is 2.